The normalized spacial score (nSPS) is 16.0. The number of nitrogens with one attached hydrogen (secondary N) is 1. The Kier molecular flexibility index (Phi) is 5.41. The predicted molar refractivity (Wildman–Crippen MR) is 78.5 cm³/mol. The van der Waals surface area contributed by atoms with Crippen LogP contribution < -0.4 is 10.1 Å². The van der Waals surface area contributed by atoms with Crippen LogP contribution in [0, 0.1) is 0 Å². The molecule has 6 nitrogen and oxygen atoms in total. The molecule has 1 amide bonds. The van der Waals surface area contributed by atoms with Crippen LogP contribution >= 0.6 is 0 Å². The molecule has 0 unspecified atom stereocenters. The van der Waals surface area contributed by atoms with Gasteiger partial charge in [0.2, 0.25) is 0 Å². The molecule has 1 aromatic carbocycles. The van der Waals surface area contributed by atoms with Crippen molar-refractivity contribution in [3.8, 4) is 11.5 Å². The van der Waals surface area contributed by atoms with Crippen LogP contribution in [0.4, 0.5) is 4.79 Å². The summed E-state index contributed by atoms with van der Waals surface area (Å²) < 4.78 is 10.5. The maximum atomic E-state index is 12.0. The van der Waals surface area contributed by atoms with Crippen LogP contribution in [0.3, 0.4) is 0 Å². The molecule has 0 radical (unpaired) electrons. The zero-order chi connectivity index (χ0) is 15.2. The molecule has 1 aliphatic rings. The third kappa shape index (κ3) is 4.09. The van der Waals surface area contributed by atoms with E-state index in [1.807, 2.05) is 7.05 Å². The third-order valence-electron chi connectivity index (χ3n) is 3.61. The SMILES string of the molecule is CN[C@H](Cc1ccc(O)c(OC(=O)N2CCCC2)c1)OC. The monoisotopic (exact) mass is 294 g/mol. The van der Waals surface area contributed by atoms with Crippen molar-refractivity contribution in [2.75, 3.05) is 27.2 Å². The fourth-order valence-electron chi connectivity index (χ4n) is 2.34. The highest BCUT2D eigenvalue weighted by atomic mass is 16.6. The average Bonchev–Trinajstić information content (AvgIpc) is 3.02. The van der Waals surface area contributed by atoms with Gasteiger partial charge in [-0.3, -0.25) is 5.32 Å². The Morgan fingerprint density at radius 1 is 1.43 bits per heavy atom. The highest BCUT2D eigenvalue weighted by Gasteiger charge is 2.21. The number of methoxy groups -OCH3 is 1. The molecule has 21 heavy (non-hydrogen) atoms. The maximum absolute atomic E-state index is 12.0. The molecule has 1 heterocycles. The predicted octanol–water partition coefficient (Wildman–Crippen LogP) is 1.72. The van der Waals surface area contributed by atoms with Crippen molar-refractivity contribution in [1.82, 2.24) is 10.2 Å². The number of amides is 1. The van der Waals surface area contributed by atoms with Crippen LogP contribution in [0.1, 0.15) is 18.4 Å². The first-order chi connectivity index (χ1) is 10.1. The van der Waals surface area contributed by atoms with Crippen LogP contribution in [0.15, 0.2) is 18.2 Å². The van der Waals surface area contributed by atoms with Gasteiger partial charge in [0.15, 0.2) is 11.5 Å². The first-order valence-corrected chi connectivity index (χ1v) is 7.12. The van der Waals surface area contributed by atoms with Gasteiger partial charge in [0.1, 0.15) is 6.23 Å². The van der Waals surface area contributed by atoms with Gasteiger partial charge in [0, 0.05) is 26.6 Å². The Bertz CT molecular complexity index is 483. The van der Waals surface area contributed by atoms with E-state index in [4.69, 9.17) is 9.47 Å². The molecule has 1 atom stereocenters. The molecular formula is C15H22N2O4. The summed E-state index contributed by atoms with van der Waals surface area (Å²) in [6.07, 6.45) is 2.08. The van der Waals surface area contributed by atoms with E-state index in [-0.39, 0.29) is 17.7 Å². The summed E-state index contributed by atoms with van der Waals surface area (Å²) in [5, 5.41) is 12.9. The summed E-state index contributed by atoms with van der Waals surface area (Å²) in [6, 6.07) is 4.99. The van der Waals surface area contributed by atoms with Gasteiger partial charge in [-0.2, -0.15) is 0 Å². The van der Waals surface area contributed by atoms with Crippen molar-refractivity contribution < 1.29 is 19.4 Å². The minimum atomic E-state index is -0.406. The number of carbonyl (C=O) groups excluding carboxylic acids is 1. The average molecular weight is 294 g/mol. The van der Waals surface area contributed by atoms with Crippen molar-refractivity contribution in [3.05, 3.63) is 23.8 Å². The first-order valence-electron chi connectivity index (χ1n) is 7.12. The summed E-state index contributed by atoms with van der Waals surface area (Å²) in [4.78, 5) is 13.6. The minimum absolute atomic E-state index is 0.0373. The number of phenolic OH excluding ortho intramolecular Hbond substituents is 1. The number of benzene rings is 1. The second-order valence-corrected chi connectivity index (χ2v) is 5.08. The number of likely N-dealkylation sites (tertiary alicyclic amines) is 1. The lowest BCUT2D eigenvalue weighted by molar-refractivity contribution is 0.0812. The number of rotatable bonds is 5. The van der Waals surface area contributed by atoms with Crippen LogP contribution in [-0.4, -0.2) is 49.6 Å². The van der Waals surface area contributed by atoms with Crippen molar-refractivity contribution in [1.29, 1.82) is 0 Å². The number of nitrogens with zero attached hydrogens (tertiary/aromatic N) is 1. The van der Waals surface area contributed by atoms with Crippen molar-refractivity contribution in [3.63, 3.8) is 0 Å². The summed E-state index contributed by atoms with van der Waals surface area (Å²) in [5.74, 6) is 0.153. The highest BCUT2D eigenvalue weighted by Crippen LogP contribution is 2.28. The van der Waals surface area contributed by atoms with Gasteiger partial charge in [0.25, 0.3) is 0 Å². The Balaban J connectivity index is 2.05. The largest absolute Gasteiger partial charge is 0.504 e. The first kappa shape index (κ1) is 15.6. The van der Waals surface area contributed by atoms with Crippen LogP contribution in [-0.2, 0) is 11.2 Å². The molecule has 0 aliphatic carbocycles. The van der Waals surface area contributed by atoms with Crippen LogP contribution in [0.5, 0.6) is 11.5 Å². The topological polar surface area (TPSA) is 71.0 Å². The van der Waals surface area contributed by atoms with E-state index >= 15 is 0 Å². The van der Waals surface area contributed by atoms with Gasteiger partial charge in [-0.05, 0) is 37.6 Å². The highest BCUT2D eigenvalue weighted by molar-refractivity contribution is 5.72. The fourth-order valence-corrected chi connectivity index (χ4v) is 2.34. The summed E-state index contributed by atoms with van der Waals surface area (Å²) in [5.41, 5.74) is 0.915. The molecule has 1 saturated heterocycles. The Morgan fingerprint density at radius 2 is 2.14 bits per heavy atom. The molecule has 0 bridgehead atoms. The summed E-state index contributed by atoms with van der Waals surface area (Å²) in [7, 11) is 3.43. The Morgan fingerprint density at radius 3 is 2.76 bits per heavy atom. The van der Waals surface area contributed by atoms with E-state index in [0.717, 1.165) is 18.4 Å². The third-order valence-corrected chi connectivity index (χ3v) is 3.61. The molecule has 116 valence electrons. The molecule has 2 N–H and O–H groups in total. The molecule has 1 aromatic rings. The molecule has 1 fully saturated rings. The van der Waals surface area contributed by atoms with E-state index in [2.05, 4.69) is 5.32 Å². The van der Waals surface area contributed by atoms with Gasteiger partial charge in [-0.1, -0.05) is 6.07 Å². The zero-order valence-electron chi connectivity index (χ0n) is 12.5. The smallest absolute Gasteiger partial charge is 0.415 e. The van der Waals surface area contributed by atoms with E-state index in [0.29, 0.717) is 19.5 Å². The lowest BCUT2D eigenvalue weighted by Gasteiger charge is -2.17. The molecular weight excluding hydrogens is 272 g/mol. The van der Waals surface area contributed by atoms with Crippen molar-refractivity contribution in [2.45, 2.75) is 25.5 Å². The molecule has 1 aliphatic heterocycles. The molecule has 2 rings (SSSR count). The van der Waals surface area contributed by atoms with E-state index in [1.165, 1.54) is 6.07 Å². The number of hydrogen-bond acceptors (Lipinski definition) is 5. The second-order valence-electron chi connectivity index (χ2n) is 5.08. The summed E-state index contributed by atoms with van der Waals surface area (Å²) in [6.45, 7) is 1.43. The van der Waals surface area contributed by atoms with Crippen LogP contribution in [0.25, 0.3) is 0 Å². The number of ether oxygens (including phenoxy) is 2. The quantitative estimate of drug-likeness (QED) is 0.809. The molecule has 6 heteroatoms. The van der Waals surface area contributed by atoms with E-state index in [1.54, 1.807) is 24.1 Å². The van der Waals surface area contributed by atoms with Gasteiger partial charge < -0.3 is 19.5 Å². The number of likely N-dealkylation sites (N-methyl/N-ethyl adjacent to an activating group) is 1. The molecule has 0 spiro atoms. The number of aromatic hydroxyl groups is 1. The zero-order valence-corrected chi connectivity index (χ0v) is 12.5. The Labute approximate surface area is 124 Å². The Hall–Kier alpha value is -1.79. The van der Waals surface area contributed by atoms with Gasteiger partial charge >= 0.3 is 6.09 Å². The van der Waals surface area contributed by atoms with E-state index in [9.17, 15) is 9.90 Å². The standard InChI is InChI=1S/C15H22N2O4/c1-16-14(20-2)10-11-5-6-12(18)13(9-11)21-15(19)17-7-3-4-8-17/h5-6,9,14,16,18H,3-4,7-8,10H2,1-2H3/t14-/m0/s1. The number of phenols is 1. The lowest BCUT2D eigenvalue weighted by Crippen LogP contribution is -2.31. The van der Waals surface area contributed by atoms with Crippen molar-refractivity contribution >= 4 is 6.09 Å². The summed E-state index contributed by atoms with van der Waals surface area (Å²) >= 11 is 0. The molecule has 0 aromatic heterocycles. The van der Waals surface area contributed by atoms with Crippen LogP contribution in [0.2, 0.25) is 0 Å². The second kappa shape index (κ2) is 7.28. The van der Waals surface area contributed by atoms with E-state index < -0.39 is 6.09 Å². The van der Waals surface area contributed by atoms with Gasteiger partial charge in [-0.25, -0.2) is 4.79 Å². The van der Waals surface area contributed by atoms with Gasteiger partial charge in [0.05, 0.1) is 0 Å². The number of hydrogen-bond donors (Lipinski definition) is 2. The van der Waals surface area contributed by atoms with Gasteiger partial charge in [-0.15, -0.1) is 0 Å². The fraction of sp³-hybridized carbons (Fsp3) is 0.533. The lowest BCUT2D eigenvalue weighted by atomic mass is 10.1. The number of carbonyl (C=O) groups is 1. The van der Waals surface area contributed by atoms with Crippen molar-refractivity contribution in [2.24, 2.45) is 0 Å². The maximum Gasteiger partial charge on any atom is 0.415 e. The minimum Gasteiger partial charge on any atom is -0.504 e. The molecule has 0 saturated carbocycles.